The largest absolute Gasteiger partial charge is 0.395 e. The summed E-state index contributed by atoms with van der Waals surface area (Å²) >= 11 is 0. The number of rotatable bonds is 4. The number of hydrogen-bond acceptors (Lipinski definition) is 4. The van der Waals surface area contributed by atoms with Gasteiger partial charge in [-0.05, 0) is 0 Å². The topological polar surface area (TPSA) is 79.5 Å². The molecule has 0 aromatic carbocycles. The second-order valence-electron chi connectivity index (χ2n) is 1.04. The van der Waals surface area contributed by atoms with E-state index in [1.54, 1.807) is 6.07 Å². The molecule has 0 bridgehead atoms. The summed E-state index contributed by atoms with van der Waals surface area (Å²) in [6.07, 6.45) is 0.142. The SMILES string of the molecule is N#CCCOO[P](=O)O. The van der Waals surface area contributed by atoms with E-state index >= 15 is 0 Å². The van der Waals surface area contributed by atoms with Gasteiger partial charge in [0.1, 0.15) is 0 Å². The van der Waals surface area contributed by atoms with Crippen molar-refractivity contribution in [1.82, 2.24) is 0 Å². The van der Waals surface area contributed by atoms with Gasteiger partial charge in [0.25, 0.3) is 0 Å². The summed E-state index contributed by atoms with van der Waals surface area (Å²) < 4.78 is 13.4. The maximum absolute atomic E-state index is 9.68. The molecule has 0 fully saturated rings. The minimum atomic E-state index is -2.70. The van der Waals surface area contributed by atoms with E-state index < -0.39 is 8.25 Å². The minimum absolute atomic E-state index is 0.0120. The maximum Gasteiger partial charge on any atom is 0.395 e. The van der Waals surface area contributed by atoms with Crippen LogP contribution in [-0.4, -0.2) is 11.5 Å². The van der Waals surface area contributed by atoms with E-state index in [2.05, 4.69) is 9.56 Å². The van der Waals surface area contributed by atoms with Gasteiger partial charge >= 0.3 is 8.25 Å². The molecule has 51 valence electrons. The van der Waals surface area contributed by atoms with Crippen molar-refractivity contribution < 1.29 is 19.0 Å². The van der Waals surface area contributed by atoms with Crippen molar-refractivity contribution in [2.75, 3.05) is 6.61 Å². The standard InChI is InChI=1S/C3H5NO4P/c4-2-1-3-7-8-9(5)6/h1,3H2,(H,5,6). The highest BCUT2D eigenvalue weighted by Gasteiger charge is 1.92. The third kappa shape index (κ3) is 7.47. The molecule has 0 rings (SSSR count). The number of nitrogens with zero attached hydrogens (tertiary/aromatic N) is 1. The van der Waals surface area contributed by atoms with Crippen LogP contribution < -0.4 is 0 Å². The van der Waals surface area contributed by atoms with Crippen LogP contribution in [0.5, 0.6) is 0 Å². The predicted octanol–water partition coefficient (Wildman–Crippen LogP) is 0.498. The lowest BCUT2D eigenvalue weighted by Crippen LogP contribution is -1.88. The third-order valence-corrected chi connectivity index (χ3v) is 0.647. The average Bonchev–Trinajstić information content (AvgIpc) is 1.80. The Labute approximate surface area is 52.7 Å². The van der Waals surface area contributed by atoms with Crippen LogP contribution in [0.2, 0.25) is 0 Å². The molecule has 0 saturated carbocycles. The Hall–Kier alpha value is -0.530. The zero-order chi connectivity index (χ0) is 7.11. The Balaban J connectivity index is 2.94. The molecule has 1 N–H and O–H groups in total. The van der Waals surface area contributed by atoms with Crippen molar-refractivity contribution in [1.29, 1.82) is 5.26 Å². The van der Waals surface area contributed by atoms with Crippen LogP contribution >= 0.6 is 8.25 Å². The second-order valence-corrected chi connectivity index (χ2v) is 1.67. The normalized spacial score (nSPS) is 10.4. The summed E-state index contributed by atoms with van der Waals surface area (Å²) in [7, 11) is -2.70. The smallest absolute Gasteiger partial charge is 0.297 e. The van der Waals surface area contributed by atoms with Gasteiger partial charge in [-0.25, -0.2) is 9.45 Å². The summed E-state index contributed by atoms with van der Waals surface area (Å²) in [5.41, 5.74) is 0. The molecule has 6 heteroatoms. The van der Waals surface area contributed by atoms with Crippen LogP contribution in [0.25, 0.3) is 0 Å². The lowest BCUT2D eigenvalue weighted by Gasteiger charge is -1.91. The highest BCUT2D eigenvalue weighted by molar-refractivity contribution is 7.31. The van der Waals surface area contributed by atoms with Gasteiger partial charge in [-0.15, -0.1) is 4.67 Å². The van der Waals surface area contributed by atoms with Crippen molar-refractivity contribution >= 4 is 8.25 Å². The highest BCUT2D eigenvalue weighted by atomic mass is 31.1. The van der Waals surface area contributed by atoms with E-state index in [4.69, 9.17) is 10.2 Å². The first-order valence-corrected chi connectivity index (χ1v) is 3.23. The molecule has 1 atom stereocenters. The summed E-state index contributed by atoms with van der Waals surface area (Å²) in [6.45, 7) is 0.0120. The van der Waals surface area contributed by atoms with Crippen molar-refractivity contribution in [3.05, 3.63) is 0 Å². The van der Waals surface area contributed by atoms with Crippen molar-refractivity contribution in [3.63, 3.8) is 0 Å². The fourth-order valence-electron chi connectivity index (χ4n) is 0.170. The molecular weight excluding hydrogens is 145 g/mol. The fourth-order valence-corrected chi connectivity index (χ4v) is 0.334. The van der Waals surface area contributed by atoms with Gasteiger partial charge in [-0.3, -0.25) is 4.89 Å². The molecule has 1 unspecified atom stereocenters. The van der Waals surface area contributed by atoms with Crippen LogP contribution in [0.4, 0.5) is 0 Å². The van der Waals surface area contributed by atoms with E-state index in [0.29, 0.717) is 0 Å². The van der Waals surface area contributed by atoms with Crippen LogP contribution in [-0.2, 0) is 14.1 Å². The molecule has 5 nitrogen and oxygen atoms in total. The first-order chi connectivity index (χ1) is 4.27. The minimum Gasteiger partial charge on any atom is -0.297 e. The van der Waals surface area contributed by atoms with Gasteiger partial charge in [0.05, 0.1) is 19.1 Å². The Bertz CT molecular complexity index is 130. The lowest BCUT2D eigenvalue weighted by molar-refractivity contribution is -0.205. The lowest BCUT2D eigenvalue weighted by atomic mass is 10.5. The molecule has 9 heavy (non-hydrogen) atoms. The summed E-state index contributed by atoms with van der Waals surface area (Å²) in [5, 5.41) is 7.91. The molecule has 0 heterocycles. The second kappa shape index (κ2) is 5.60. The van der Waals surface area contributed by atoms with E-state index in [-0.39, 0.29) is 13.0 Å². The maximum atomic E-state index is 9.68. The van der Waals surface area contributed by atoms with E-state index in [9.17, 15) is 4.57 Å². The average molecular weight is 150 g/mol. The monoisotopic (exact) mass is 150 g/mol. The Morgan fingerprint density at radius 2 is 2.44 bits per heavy atom. The quantitative estimate of drug-likeness (QED) is 0.273. The van der Waals surface area contributed by atoms with E-state index in [1.807, 2.05) is 0 Å². The first-order valence-electron chi connectivity index (χ1n) is 2.10. The van der Waals surface area contributed by atoms with Gasteiger partial charge < -0.3 is 0 Å². The van der Waals surface area contributed by atoms with Crippen molar-refractivity contribution in [2.24, 2.45) is 0 Å². The Morgan fingerprint density at radius 3 is 2.89 bits per heavy atom. The molecule has 0 aromatic heterocycles. The predicted molar refractivity (Wildman–Crippen MR) is 27.1 cm³/mol. The molecule has 0 aliphatic carbocycles. The first kappa shape index (κ1) is 8.47. The summed E-state index contributed by atoms with van der Waals surface area (Å²) in [6, 6.07) is 1.76. The summed E-state index contributed by atoms with van der Waals surface area (Å²) in [5.74, 6) is 0. The van der Waals surface area contributed by atoms with Gasteiger partial charge in [0, 0.05) is 0 Å². The molecule has 0 spiro atoms. The fraction of sp³-hybridized carbons (Fsp3) is 0.667. The van der Waals surface area contributed by atoms with Gasteiger partial charge in [-0.1, -0.05) is 0 Å². The molecule has 1 radical (unpaired) electrons. The van der Waals surface area contributed by atoms with Crippen LogP contribution in [0.15, 0.2) is 0 Å². The highest BCUT2D eigenvalue weighted by Crippen LogP contribution is 2.13. The molecule has 0 aromatic rings. The summed E-state index contributed by atoms with van der Waals surface area (Å²) in [4.78, 5) is 12.0. The molecule has 0 saturated heterocycles. The van der Waals surface area contributed by atoms with Crippen LogP contribution in [0, 0.1) is 11.3 Å². The Morgan fingerprint density at radius 1 is 1.78 bits per heavy atom. The number of nitriles is 1. The zero-order valence-electron chi connectivity index (χ0n) is 4.48. The molecule has 0 aliphatic rings. The van der Waals surface area contributed by atoms with E-state index in [0.717, 1.165) is 0 Å². The Kier molecular flexibility index (Phi) is 5.27. The van der Waals surface area contributed by atoms with Crippen LogP contribution in [0.3, 0.4) is 0 Å². The van der Waals surface area contributed by atoms with Gasteiger partial charge in [0.15, 0.2) is 0 Å². The van der Waals surface area contributed by atoms with E-state index in [1.165, 1.54) is 0 Å². The molecule has 0 amide bonds. The van der Waals surface area contributed by atoms with Crippen LogP contribution in [0.1, 0.15) is 6.42 Å². The zero-order valence-corrected chi connectivity index (χ0v) is 5.38. The van der Waals surface area contributed by atoms with Crippen molar-refractivity contribution in [3.8, 4) is 6.07 Å². The third-order valence-electron chi connectivity index (χ3n) is 0.414. The molecule has 0 aliphatic heterocycles. The van der Waals surface area contributed by atoms with Gasteiger partial charge in [-0.2, -0.15) is 5.26 Å². The molecular formula is C3H5NO4P. The van der Waals surface area contributed by atoms with Gasteiger partial charge in [0.2, 0.25) is 0 Å². The number of hydrogen-bond donors (Lipinski definition) is 1. The van der Waals surface area contributed by atoms with Crippen molar-refractivity contribution in [2.45, 2.75) is 6.42 Å².